The lowest BCUT2D eigenvalue weighted by molar-refractivity contribution is -0.385. The molecule has 4 nitrogen and oxygen atoms in total. The molecule has 0 unspecified atom stereocenters. The third-order valence-corrected chi connectivity index (χ3v) is 4.43. The van der Waals surface area contributed by atoms with Crippen molar-refractivity contribution in [2.24, 2.45) is 5.92 Å². The van der Waals surface area contributed by atoms with Gasteiger partial charge in [-0.1, -0.05) is 13.3 Å². The minimum atomic E-state index is -0.553. The summed E-state index contributed by atoms with van der Waals surface area (Å²) in [5.74, 6) is 0.241. The number of nitro groups is 1. The maximum atomic E-state index is 13.5. The maximum absolute atomic E-state index is 13.5. The van der Waals surface area contributed by atoms with E-state index in [1.165, 1.54) is 31.4 Å². The second kappa shape index (κ2) is 6.20. The third kappa shape index (κ3) is 3.26. The summed E-state index contributed by atoms with van der Waals surface area (Å²) < 4.78 is 13.5. The number of benzene rings is 1. The molecule has 1 fully saturated rings. The number of nitrogens with zero attached hydrogens (tertiary/aromatic N) is 2. The molecule has 1 saturated carbocycles. The molecule has 1 aromatic rings. The fourth-order valence-corrected chi connectivity index (χ4v) is 3.02. The molecule has 0 N–H and O–H groups in total. The van der Waals surface area contributed by atoms with Crippen LogP contribution >= 0.6 is 0 Å². The summed E-state index contributed by atoms with van der Waals surface area (Å²) in [5.41, 5.74) is 0.408. The molecule has 1 aliphatic rings. The molecule has 0 radical (unpaired) electrons. The van der Waals surface area contributed by atoms with E-state index in [1.54, 1.807) is 0 Å². The van der Waals surface area contributed by atoms with Crippen LogP contribution in [-0.4, -0.2) is 18.0 Å². The van der Waals surface area contributed by atoms with Crippen molar-refractivity contribution in [3.05, 3.63) is 34.1 Å². The molecular formula is C15H21FN2O2. The van der Waals surface area contributed by atoms with E-state index < -0.39 is 10.7 Å². The zero-order valence-electron chi connectivity index (χ0n) is 12.0. The summed E-state index contributed by atoms with van der Waals surface area (Å²) in [5, 5.41) is 10.8. The van der Waals surface area contributed by atoms with Crippen molar-refractivity contribution in [2.75, 3.05) is 11.9 Å². The minimum absolute atomic E-state index is 0.186. The van der Waals surface area contributed by atoms with Gasteiger partial charge in [-0.25, -0.2) is 4.39 Å². The molecule has 0 aliphatic heterocycles. The van der Waals surface area contributed by atoms with Gasteiger partial charge in [-0.3, -0.25) is 10.1 Å². The zero-order chi connectivity index (χ0) is 14.7. The third-order valence-electron chi connectivity index (χ3n) is 4.43. The second-order valence-corrected chi connectivity index (χ2v) is 5.62. The highest BCUT2D eigenvalue weighted by Gasteiger charge is 2.24. The molecule has 1 aromatic carbocycles. The summed E-state index contributed by atoms with van der Waals surface area (Å²) in [6, 6.07) is 4.14. The number of halogens is 1. The van der Waals surface area contributed by atoms with Crippen LogP contribution in [0.4, 0.5) is 15.8 Å². The van der Waals surface area contributed by atoms with Gasteiger partial charge in [-0.05, 0) is 37.7 Å². The topological polar surface area (TPSA) is 46.4 Å². The SMILES string of the molecule is CCC1CCC(N(C)c2cc(F)cc([N+](=O)[O-])c2)CC1. The Balaban J connectivity index is 2.13. The molecule has 0 spiro atoms. The van der Waals surface area contributed by atoms with Crippen molar-refractivity contribution in [3.63, 3.8) is 0 Å². The van der Waals surface area contributed by atoms with Crippen LogP contribution < -0.4 is 4.90 Å². The Morgan fingerprint density at radius 2 is 1.95 bits per heavy atom. The summed E-state index contributed by atoms with van der Waals surface area (Å²) in [4.78, 5) is 12.2. The van der Waals surface area contributed by atoms with E-state index in [1.807, 2.05) is 11.9 Å². The Kier molecular flexibility index (Phi) is 4.57. The number of rotatable bonds is 4. The minimum Gasteiger partial charge on any atom is -0.371 e. The van der Waals surface area contributed by atoms with E-state index in [-0.39, 0.29) is 5.69 Å². The number of hydrogen-bond donors (Lipinski definition) is 0. The van der Waals surface area contributed by atoms with Crippen LogP contribution in [0.3, 0.4) is 0 Å². The van der Waals surface area contributed by atoms with E-state index in [0.717, 1.165) is 24.8 Å². The van der Waals surface area contributed by atoms with Gasteiger partial charge in [0.2, 0.25) is 0 Å². The first-order valence-corrected chi connectivity index (χ1v) is 7.19. The second-order valence-electron chi connectivity index (χ2n) is 5.62. The zero-order valence-corrected chi connectivity index (χ0v) is 12.0. The van der Waals surface area contributed by atoms with Crippen LogP contribution in [0.2, 0.25) is 0 Å². The van der Waals surface area contributed by atoms with Gasteiger partial charge >= 0.3 is 0 Å². The highest BCUT2D eigenvalue weighted by atomic mass is 19.1. The van der Waals surface area contributed by atoms with E-state index in [4.69, 9.17) is 0 Å². The summed E-state index contributed by atoms with van der Waals surface area (Å²) in [7, 11) is 1.90. The van der Waals surface area contributed by atoms with Crippen molar-refractivity contribution in [1.29, 1.82) is 0 Å². The Bertz CT molecular complexity index is 485. The quantitative estimate of drug-likeness (QED) is 0.615. The van der Waals surface area contributed by atoms with Crippen LogP contribution in [-0.2, 0) is 0 Å². The van der Waals surface area contributed by atoms with Gasteiger partial charge < -0.3 is 4.90 Å². The highest BCUT2D eigenvalue weighted by Crippen LogP contribution is 2.32. The monoisotopic (exact) mass is 280 g/mol. The normalized spacial score (nSPS) is 22.6. The number of nitro benzene ring substituents is 1. The van der Waals surface area contributed by atoms with Gasteiger partial charge in [0, 0.05) is 24.8 Å². The summed E-state index contributed by atoms with van der Waals surface area (Å²) in [6.45, 7) is 2.21. The molecule has 20 heavy (non-hydrogen) atoms. The van der Waals surface area contributed by atoms with Gasteiger partial charge in [0.15, 0.2) is 0 Å². The Morgan fingerprint density at radius 3 is 2.50 bits per heavy atom. The molecule has 0 heterocycles. The highest BCUT2D eigenvalue weighted by molar-refractivity contribution is 5.53. The lowest BCUT2D eigenvalue weighted by Crippen LogP contribution is -2.35. The Labute approximate surface area is 118 Å². The average molecular weight is 280 g/mol. The molecule has 110 valence electrons. The van der Waals surface area contributed by atoms with Crippen LogP contribution in [0.1, 0.15) is 39.0 Å². The fourth-order valence-electron chi connectivity index (χ4n) is 3.02. The van der Waals surface area contributed by atoms with Crippen LogP contribution in [0.15, 0.2) is 18.2 Å². The summed E-state index contributed by atoms with van der Waals surface area (Å²) >= 11 is 0. The van der Waals surface area contributed by atoms with Gasteiger partial charge in [0.05, 0.1) is 11.0 Å². The van der Waals surface area contributed by atoms with Crippen molar-refractivity contribution < 1.29 is 9.31 Å². The van der Waals surface area contributed by atoms with Crippen molar-refractivity contribution in [3.8, 4) is 0 Å². The fraction of sp³-hybridized carbons (Fsp3) is 0.600. The molecule has 0 amide bonds. The first kappa shape index (κ1) is 14.8. The lowest BCUT2D eigenvalue weighted by Gasteiger charge is -2.35. The predicted molar refractivity (Wildman–Crippen MR) is 77.5 cm³/mol. The van der Waals surface area contributed by atoms with E-state index in [2.05, 4.69) is 6.92 Å². The molecule has 0 saturated heterocycles. The van der Waals surface area contributed by atoms with Gasteiger partial charge in [0.25, 0.3) is 5.69 Å². The van der Waals surface area contributed by atoms with Crippen LogP contribution in [0, 0.1) is 21.8 Å². The number of non-ortho nitro benzene ring substituents is 1. The maximum Gasteiger partial charge on any atom is 0.274 e. The van der Waals surface area contributed by atoms with Crippen molar-refractivity contribution in [1.82, 2.24) is 0 Å². The van der Waals surface area contributed by atoms with Gasteiger partial charge in [0.1, 0.15) is 5.82 Å². The predicted octanol–water partition coefficient (Wildman–Crippen LogP) is 4.14. The molecule has 1 aliphatic carbocycles. The largest absolute Gasteiger partial charge is 0.371 e. The van der Waals surface area contributed by atoms with Crippen molar-refractivity contribution in [2.45, 2.75) is 45.1 Å². The Hall–Kier alpha value is -1.65. The summed E-state index contributed by atoms with van der Waals surface area (Å²) in [6.07, 6.45) is 5.71. The number of anilines is 1. The number of hydrogen-bond acceptors (Lipinski definition) is 3. The standard InChI is InChI=1S/C15H21FN2O2/c1-3-11-4-6-13(7-5-11)17(2)14-8-12(16)9-15(10-14)18(19)20/h8-11,13H,3-7H2,1-2H3. The van der Waals surface area contributed by atoms with Gasteiger partial charge in [-0.2, -0.15) is 0 Å². The smallest absolute Gasteiger partial charge is 0.274 e. The molecule has 0 atom stereocenters. The molecule has 5 heteroatoms. The van der Waals surface area contributed by atoms with Crippen molar-refractivity contribution >= 4 is 11.4 Å². The first-order valence-electron chi connectivity index (χ1n) is 7.19. The van der Waals surface area contributed by atoms with E-state index in [0.29, 0.717) is 11.7 Å². The first-order chi connectivity index (χ1) is 9.51. The van der Waals surface area contributed by atoms with E-state index in [9.17, 15) is 14.5 Å². The van der Waals surface area contributed by atoms with Gasteiger partial charge in [-0.15, -0.1) is 0 Å². The van der Waals surface area contributed by atoms with Crippen LogP contribution in [0.25, 0.3) is 0 Å². The molecule has 2 rings (SSSR count). The average Bonchev–Trinajstić information content (AvgIpc) is 2.46. The Morgan fingerprint density at radius 1 is 1.30 bits per heavy atom. The molecule has 0 aromatic heterocycles. The molecular weight excluding hydrogens is 259 g/mol. The van der Waals surface area contributed by atoms with Crippen LogP contribution in [0.5, 0.6) is 0 Å². The lowest BCUT2D eigenvalue weighted by atomic mass is 9.84. The van der Waals surface area contributed by atoms with E-state index >= 15 is 0 Å². The molecule has 0 bridgehead atoms.